The van der Waals surface area contributed by atoms with Crippen LogP contribution in [0.4, 0.5) is 0 Å². The Morgan fingerprint density at radius 3 is 2.21 bits per heavy atom. The van der Waals surface area contributed by atoms with Crippen molar-refractivity contribution < 1.29 is 4.79 Å². The number of carbonyl (C=O) groups excluding carboxylic acids is 1. The van der Waals surface area contributed by atoms with Crippen molar-refractivity contribution >= 4 is 5.91 Å². The molecule has 0 saturated heterocycles. The van der Waals surface area contributed by atoms with Crippen LogP contribution in [0, 0.1) is 19.8 Å². The minimum Gasteiger partial charge on any atom is -0.355 e. The summed E-state index contributed by atoms with van der Waals surface area (Å²) in [5.41, 5.74) is 3.75. The predicted molar refractivity (Wildman–Crippen MR) is 80.2 cm³/mol. The van der Waals surface area contributed by atoms with Gasteiger partial charge in [0.2, 0.25) is 5.91 Å². The molecular formula is C16H26N2O. The van der Waals surface area contributed by atoms with E-state index in [0.717, 1.165) is 6.54 Å². The molecule has 106 valence electrons. The molecule has 0 saturated carbocycles. The van der Waals surface area contributed by atoms with Gasteiger partial charge in [0.1, 0.15) is 0 Å². The number of hydrogen-bond donors (Lipinski definition) is 2. The minimum absolute atomic E-state index is 0.0601. The first-order valence-electron chi connectivity index (χ1n) is 6.96. The molecule has 0 fully saturated rings. The highest BCUT2D eigenvalue weighted by Gasteiger charge is 2.08. The lowest BCUT2D eigenvalue weighted by Gasteiger charge is -2.16. The summed E-state index contributed by atoms with van der Waals surface area (Å²) in [4.78, 5) is 11.6. The lowest BCUT2D eigenvalue weighted by Crippen LogP contribution is -2.36. The van der Waals surface area contributed by atoms with Crippen LogP contribution >= 0.6 is 0 Å². The molecule has 0 radical (unpaired) electrons. The van der Waals surface area contributed by atoms with Crippen LogP contribution in [-0.4, -0.2) is 19.0 Å². The van der Waals surface area contributed by atoms with Gasteiger partial charge < -0.3 is 10.6 Å². The Balaban J connectivity index is 2.46. The van der Waals surface area contributed by atoms with Gasteiger partial charge in [0.05, 0.1) is 6.54 Å². The molecule has 0 aliphatic carbocycles. The molecule has 3 heteroatoms. The molecule has 0 aromatic heterocycles. The number of aryl methyl sites for hydroxylation is 2. The fourth-order valence-corrected chi connectivity index (χ4v) is 2.00. The molecule has 1 aromatic carbocycles. The number of hydrogen-bond acceptors (Lipinski definition) is 2. The highest BCUT2D eigenvalue weighted by atomic mass is 16.1. The summed E-state index contributed by atoms with van der Waals surface area (Å²) in [6.45, 7) is 11.6. The maximum Gasteiger partial charge on any atom is 0.233 e. The van der Waals surface area contributed by atoms with Crippen LogP contribution in [0.2, 0.25) is 0 Å². The molecule has 0 aliphatic heterocycles. The summed E-state index contributed by atoms with van der Waals surface area (Å²) in [7, 11) is 0. The van der Waals surface area contributed by atoms with E-state index in [-0.39, 0.29) is 11.9 Å². The summed E-state index contributed by atoms with van der Waals surface area (Å²) in [5.74, 6) is 0.547. The van der Waals surface area contributed by atoms with Crippen LogP contribution in [-0.2, 0) is 4.79 Å². The van der Waals surface area contributed by atoms with Crippen molar-refractivity contribution in [2.75, 3.05) is 13.1 Å². The smallest absolute Gasteiger partial charge is 0.233 e. The van der Waals surface area contributed by atoms with E-state index >= 15 is 0 Å². The van der Waals surface area contributed by atoms with Gasteiger partial charge in [0.25, 0.3) is 0 Å². The fourth-order valence-electron chi connectivity index (χ4n) is 2.00. The molecular weight excluding hydrogens is 236 g/mol. The first kappa shape index (κ1) is 15.7. The predicted octanol–water partition coefficient (Wildman–Crippen LogP) is 2.73. The Morgan fingerprint density at radius 1 is 1.11 bits per heavy atom. The van der Waals surface area contributed by atoms with Crippen LogP contribution in [0.3, 0.4) is 0 Å². The molecule has 1 amide bonds. The Kier molecular flexibility index (Phi) is 6.03. The van der Waals surface area contributed by atoms with Crippen molar-refractivity contribution in [1.29, 1.82) is 0 Å². The van der Waals surface area contributed by atoms with Crippen LogP contribution in [0.25, 0.3) is 0 Å². The second-order valence-electron chi connectivity index (χ2n) is 5.72. The zero-order valence-corrected chi connectivity index (χ0v) is 12.7. The standard InChI is InChI=1S/C16H26N2O/c1-11(2)9-18-16(19)10-17-14(5)15-7-12(3)6-13(4)8-15/h6-8,11,14,17H,9-10H2,1-5H3,(H,18,19). The average molecular weight is 262 g/mol. The Labute approximate surface area is 116 Å². The largest absolute Gasteiger partial charge is 0.355 e. The fraction of sp³-hybridized carbons (Fsp3) is 0.562. The maximum absolute atomic E-state index is 11.6. The van der Waals surface area contributed by atoms with E-state index in [1.807, 2.05) is 0 Å². The van der Waals surface area contributed by atoms with E-state index < -0.39 is 0 Å². The first-order valence-corrected chi connectivity index (χ1v) is 6.96. The Hall–Kier alpha value is -1.35. The van der Waals surface area contributed by atoms with E-state index in [2.05, 4.69) is 63.5 Å². The van der Waals surface area contributed by atoms with Gasteiger partial charge in [0, 0.05) is 12.6 Å². The summed E-state index contributed by atoms with van der Waals surface area (Å²) < 4.78 is 0. The van der Waals surface area contributed by atoms with Crippen LogP contribution in [0.15, 0.2) is 18.2 Å². The van der Waals surface area contributed by atoms with Gasteiger partial charge in [-0.3, -0.25) is 4.79 Å². The molecule has 0 aliphatic rings. The van der Waals surface area contributed by atoms with Crippen molar-refractivity contribution in [3.63, 3.8) is 0 Å². The number of amides is 1. The number of carbonyl (C=O) groups is 1. The normalized spacial score (nSPS) is 12.5. The Bertz CT molecular complexity index is 407. The lowest BCUT2D eigenvalue weighted by molar-refractivity contribution is -0.120. The summed E-state index contributed by atoms with van der Waals surface area (Å²) >= 11 is 0. The third-order valence-electron chi connectivity index (χ3n) is 3.02. The van der Waals surface area contributed by atoms with Crippen LogP contribution in [0.1, 0.15) is 43.5 Å². The second-order valence-corrected chi connectivity index (χ2v) is 5.72. The quantitative estimate of drug-likeness (QED) is 0.827. The van der Waals surface area contributed by atoms with Gasteiger partial charge in [-0.2, -0.15) is 0 Å². The van der Waals surface area contributed by atoms with Gasteiger partial charge in [-0.25, -0.2) is 0 Å². The zero-order valence-electron chi connectivity index (χ0n) is 12.7. The molecule has 1 unspecified atom stereocenters. The summed E-state index contributed by atoms with van der Waals surface area (Å²) in [6.07, 6.45) is 0. The average Bonchev–Trinajstić information content (AvgIpc) is 2.32. The summed E-state index contributed by atoms with van der Waals surface area (Å²) in [5, 5.41) is 6.18. The van der Waals surface area contributed by atoms with E-state index in [4.69, 9.17) is 0 Å². The van der Waals surface area contributed by atoms with Crippen molar-refractivity contribution in [3.8, 4) is 0 Å². The van der Waals surface area contributed by atoms with E-state index in [1.165, 1.54) is 16.7 Å². The van der Waals surface area contributed by atoms with Gasteiger partial charge >= 0.3 is 0 Å². The van der Waals surface area contributed by atoms with Crippen molar-refractivity contribution in [2.24, 2.45) is 5.92 Å². The third-order valence-corrected chi connectivity index (χ3v) is 3.02. The first-order chi connectivity index (χ1) is 8.88. The molecule has 1 atom stereocenters. The second kappa shape index (κ2) is 7.29. The van der Waals surface area contributed by atoms with E-state index in [9.17, 15) is 4.79 Å². The molecule has 3 nitrogen and oxygen atoms in total. The monoisotopic (exact) mass is 262 g/mol. The topological polar surface area (TPSA) is 41.1 Å². The third kappa shape index (κ3) is 5.88. The highest BCUT2D eigenvalue weighted by molar-refractivity contribution is 5.78. The molecule has 2 N–H and O–H groups in total. The molecule has 0 heterocycles. The van der Waals surface area contributed by atoms with E-state index in [0.29, 0.717) is 12.5 Å². The van der Waals surface area contributed by atoms with Gasteiger partial charge in [-0.05, 0) is 32.3 Å². The number of benzene rings is 1. The SMILES string of the molecule is Cc1cc(C)cc(C(C)NCC(=O)NCC(C)C)c1. The lowest BCUT2D eigenvalue weighted by atomic mass is 10.0. The minimum atomic E-state index is 0.0601. The van der Waals surface area contributed by atoms with Crippen LogP contribution < -0.4 is 10.6 Å². The van der Waals surface area contributed by atoms with Crippen molar-refractivity contribution in [3.05, 3.63) is 34.9 Å². The molecule has 1 aromatic rings. The molecule has 0 spiro atoms. The highest BCUT2D eigenvalue weighted by Crippen LogP contribution is 2.16. The van der Waals surface area contributed by atoms with Crippen molar-refractivity contribution in [2.45, 2.75) is 40.7 Å². The van der Waals surface area contributed by atoms with Gasteiger partial charge in [0.15, 0.2) is 0 Å². The number of nitrogens with one attached hydrogen (secondary N) is 2. The number of rotatable bonds is 6. The molecule has 0 bridgehead atoms. The van der Waals surface area contributed by atoms with Gasteiger partial charge in [-0.15, -0.1) is 0 Å². The van der Waals surface area contributed by atoms with Crippen LogP contribution in [0.5, 0.6) is 0 Å². The zero-order chi connectivity index (χ0) is 14.4. The molecule has 1 rings (SSSR count). The maximum atomic E-state index is 11.6. The molecule has 19 heavy (non-hydrogen) atoms. The Morgan fingerprint density at radius 2 is 1.68 bits per heavy atom. The summed E-state index contributed by atoms with van der Waals surface area (Å²) in [6, 6.07) is 6.67. The van der Waals surface area contributed by atoms with Gasteiger partial charge in [-0.1, -0.05) is 43.2 Å². The van der Waals surface area contributed by atoms with Crippen molar-refractivity contribution in [1.82, 2.24) is 10.6 Å². The van der Waals surface area contributed by atoms with E-state index in [1.54, 1.807) is 0 Å².